The van der Waals surface area contributed by atoms with Crippen LogP contribution in [0.25, 0.3) is 0 Å². The number of carboxylic acids is 3. The van der Waals surface area contributed by atoms with Gasteiger partial charge in [0.2, 0.25) is 11.8 Å². The Morgan fingerprint density at radius 2 is 0.714 bits per heavy atom. The van der Waals surface area contributed by atoms with E-state index >= 15 is 0 Å². The van der Waals surface area contributed by atoms with Crippen molar-refractivity contribution in [1.82, 2.24) is 30.2 Å². The average Bonchev–Trinajstić information content (AvgIpc) is 3.20. The summed E-state index contributed by atoms with van der Waals surface area (Å²) in [6, 6.07) is 0. The molecule has 0 unspecified atom stereocenters. The molecule has 1 rings (SSSR count). The zero-order valence-corrected chi connectivity index (χ0v) is 39.9. The first-order valence-corrected chi connectivity index (χ1v) is 23.4. The summed E-state index contributed by atoms with van der Waals surface area (Å²) in [5, 5.41) is 34.2. The second-order valence-electron chi connectivity index (χ2n) is 17.6. The molecule has 5 N–H and O–H groups in total. The van der Waals surface area contributed by atoms with Gasteiger partial charge in [-0.15, -0.1) is 0 Å². The highest BCUT2D eigenvalue weighted by molar-refractivity contribution is 5.78. The summed E-state index contributed by atoms with van der Waals surface area (Å²) in [5.74, 6) is -3.08. The minimum absolute atomic E-state index is 0.0686. The van der Waals surface area contributed by atoms with E-state index in [2.05, 4.69) is 82.6 Å². The number of carbonyl (C=O) groups is 5. The van der Waals surface area contributed by atoms with Crippen LogP contribution < -0.4 is 10.6 Å². The number of hydrogen-bond donors (Lipinski definition) is 5. The monoisotopic (exact) mass is 885 g/mol. The Kier molecular flexibility index (Phi) is 31.9. The Labute approximate surface area is 379 Å². The lowest BCUT2D eigenvalue weighted by atomic mass is 10.0. The van der Waals surface area contributed by atoms with Crippen molar-refractivity contribution in [2.75, 3.05) is 91.6 Å². The highest BCUT2D eigenvalue weighted by Gasteiger charge is 2.21. The fourth-order valence-electron chi connectivity index (χ4n) is 7.25. The molecule has 0 radical (unpaired) electrons. The molecule has 0 aliphatic carbocycles. The predicted molar refractivity (Wildman–Crippen MR) is 254 cm³/mol. The highest BCUT2D eigenvalue weighted by Crippen LogP contribution is 2.15. The van der Waals surface area contributed by atoms with Crippen LogP contribution in [0.15, 0.2) is 58.2 Å². The predicted octanol–water partition coefficient (Wildman–Crippen LogP) is 6.91. The molecule has 1 saturated heterocycles. The number of nitrogens with zero attached hydrogens (tertiary/aromatic N) is 4. The molecular formula is C49H84N6O8. The molecule has 1 heterocycles. The van der Waals surface area contributed by atoms with Crippen molar-refractivity contribution in [2.24, 2.45) is 0 Å². The molecule has 14 heteroatoms. The summed E-state index contributed by atoms with van der Waals surface area (Å²) in [6.45, 7) is 16.5. The summed E-state index contributed by atoms with van der Waals surface area (Å²) in [6.07, 6.45) is 25.1. The van der Waals surface area contributed by atoms with E-state index < -0.39 is 17.9 Å². The number of hydrogen-bond acceptors (Lipinski definition) is 9. The smallest absolute Gasteiger partial charge is 0.317 e. The van der Waals surface area contributed by atoms with Gasteiger partial charge in [-0.25, -0.2) is 0 Å². The van der Waals surface area contributed by atoms with Crippen molar-refractivity contribution in [3.05, 3.63) is 58.2 Å². The van der Waals surface area contributed by atoms with Crippen molar-refractivity contribution in [3.63, 3.8) is 0 Å². The topological polar surface area (TPSA) is 183 Å². The van der Waals surface area contributed by atoms with Crippen LogP contribution >= 0.6 is 0 Å². The Balaban J connectivity index is 2.31. The first-order chi connectivity index (χ1) is 30.0. The van der Waals surface area contributed by atoms with Crippen LogP contribution in [0.2, 0.25) is 0 Å². The van der Waals surface area contributed by atoms with Crippen LogP contribution in [0.3, 0.4) is 0 Å². The highest BCUT2D eigenvalue weighted by atomic mass is 16.4. The molecule has 0 aromatic heterocycles. The maximum absolute atomic E-state index is 12.9. The number of carboxylic acid groups (broad SMARTS) is 3. The Hall–Kier alpha value is -4.11. The van der Waals surface area contributed by atoms with Gasteiger partial charge in [-0.3, -0.25) is 43.6 Å². The van der Waals surface area contributed by atoms with Crippen LogP contribution in [0.4, 0.5) is 0 Å². The zero-order chi connectivity index (χ0) is 46.8. The molecule has 1 aliphatic heterocycles. The van der Waals surface area contributed by atoms with E-state index in [0.29, 0.717) is 71.9 Å². The Bertz CT molecular complexity index is 1500. The first kappa shape index (κ1) is 56.9. The summed E-state index contributed by atoms with van der Waals surface area (Å²) in [7, 11) is 0. The van der Waals surface area contributed by atoms with Gasteiger partial charge < -0.3 is 26.0 Å². The molecule has 14 nitrogen and oxygen atoms in total. The lowest BCUT2D eigenvalue weighted by molar-refractivity contribution is -0.140. The van der Waals surface area contributed by atoms with Gasteiger partial charge in [0.1, 0.15) is 0 Å². The minimum atomic E-state index is -1.01. The molecule has 1 aliphatic rings. The number of carbonyl (C=O) groups excluding carboxylic acids is 2. The van der Waals surface area contributed by atoms with Crippen molar-refractivity contribution < 1.29 is 39.3 Å². The normalized spacial score (nSPS) is 16.2. The number of unbranched alkanes of at least 4 members (excludes halogenated alkanes) is 4. The van der Waals surface area contributed by atoms with Gasteiger partial charge in [0.25, 0.3) is 0 Å². The fraction of sp³-hybridized carbons (Fsp3) is 0.694. The van der Waals surface area contributed by atoms with Gasteiger partial charge in [-0.1, -0.05) is 71.1 Å². The zero-order valence-electron chi connectivity index (χ0n) is 39.9. The fourth-order valence-corrected chi connectivity index (χ4v) is 7.25. The van der Waals surface area contributed by atoms with Crippen molar-refractivity contribution in [3.8, 4) is 0 Å². The molecule has 0 aromatic rings. The van der Waals surface area contributed by atoms with Gasteiger partial charge in [-0.05, 0) is 112 Å². The SMILES string of the molecule is CC(C)=CCC/C(C)=C/CC/C(C)=C/CC/C=C(\C)CC/C=C(\C)CCC(=O)NCCCCCCNC(=O)CN1CCN(CC(=O)O)CCN(CC(=O)O)CCN(CC(=O)O)CC1. The Morgan fingerprint density at radius 1 is 0.397 bits per heavy atom. The molecule has 0 atom stereocenters. The second-order valence-corrected chi connectivity index (χ2v) is 17.6. The number of rotatable bonds is 30. The molecule has 1 fully saturated rings. The van der Waals surface area contributed by atoms with Crippen LogP contribution in [-0.2, 0) is 24.0 Å². The van der Waals surface area contributed by atoms with Gasteiger partial charge >= 0.3 is 17.9 Å². The third-order valence-corrected chi connectivity index (χ3v) is 11.2. The lowest BCUT2D eigenvalue weighted by Crippen LogP contribution is -2.49. The van der Waals surface area contributed by atoms with Crippen LogP contribution in [0.5, 0.6) is 0 Å². The van der Waals surface area contributed by atoms with Gasteiger partial charge in [-0.2, -0.15) is 0 Å². The van der Waals surface area contributed by atoms with Crippen molar-refractivity contribution in [2.45, 2.75) is 131 Å². The molecule has 63 heavy (non-hydrogen) atoms. The summed E-state index contributed by atoms with van der Waals surface area (Å²) in [4.78, 5) is 66.9. The standard InChI is InChI=1S/C49H84N6O8/c1-40(2)16-13-19-43(5)22-14-20-41(3)17-9-10-18-42(4)21-15-23-44(6)24-25-45(56)50-26-11-7-8-12-27-51-46(57)36-52-28-30-53(37-47(58)59)32-34-55(39-49(62)63)35-33-54(31-29-52)38-48(60)61/h16-18,22-23H,7-15,19-21,24-39H2,1-6H3,(H,50,56)(H,51,57)(H,58,59)(H,60,61)(H,62,63)/b41-17+,42-18+,43-22+,44-23+. The second kappa shape index (κ2) is 35.3. The summed E-state index contributed by atoms with van der Waals surface area (Å²) >= 11 is 0. The number of aliphatic carboxylic acids is 3. The first-order valence-electron chi connectivity index (χ1n) is 23.4. The lowest BCUT2D eigenvalue weighted by Gasteiger charge is -2.32. The van der Waals surface area contributed by atoms with E-state index in [1.54, 1.807) is 14.7 Å². The van der Waals surface area contributed by atoms with Crippen LogP contribution in [0, 0.1) is 0 Å². The van der Waals surface area contributed by atoms with E-state index in [4.69, 9.17) is 0 Å². The largest absolute Gasteiger partial charge is 0.480 e. The summed E-state index contributed by atoms with van der Waals surface area (Å²) in [5.41, 5.74) is 7.00. The molecule has 0 saturated carbocycles. The maximum Gasteiger partial charge on any atom is 0.317 e. The molecular weight excluding hydrogens is 801 g/mol. The van der Waals surface area contributed by atoms with Crippen molar-refractivity contribution in [1.29, 1.82) is 0 Å². The number of nitrogens with one attached hydrogen (secondary N) is 2. The maximum atomic E-state index is 12.9. The van der Waals surface area contributed by atoms with Crippen molar-refractivity contribution >= 4 is 29.7 Å². The van der Waals surface area contributed by atoms with E-state index in [1.165, 1.54) is 27.9 Å². The van der Waals surface area contributed by atoms with E-state index in [-0.39, 0.29) is 38.0 Å². The minimum Gasteiger partial charge on any atom is -0.480 e. The van der Waals surface area contributed by atoms with Gasteiger partial charge in [0.15, 0.2) is 0 Å². The van der Waals surface area contributed by atoms with E-state index in [9.17, 15) is 39.3 Å². The van der Waals surface area contributed by atoms with E-state index in [1.807, 2.05) is 4.90 Å². The number of amides is 2. The molecule has 0 bridgehead atoms. The van der Waals surface area contributed by atoms with Crippen LogP contribution in [0.1, 0.15) is 131 Å². The average molecular weight is 885 g/mol. The van der Waals surface area contributed by atoms with Crippen LogP contribution in [-0.4, -0.2) is 156 Å². The molecule has 0 spiro atoms. The third-order valence-electron chi connectivity index (χ3n) is 11.2. The van der Waals surface area contributed by atoms with Gasteiger partial charge in [0, 0.05) is 71.9 Å². The van der Waals surface area contributed by atoms with E-state index in [0.717, 1.165) is 83.5 Å². The number of allylic oxidation sites excluding steroid dienone is 10. The Morgan fingerprint density at radius 3 is 1.08 bits per heavy atom. The molecule has 2 amide bonds. The third kappa shape index (κ3) is 34.0. The summed E-state index contributed by atoms with van der Waals surface area (Å²) < 4.78 is 0. The quantitative estimate of drug-likeness (QED) is 0.0372. The molecule has 358 valence electrons. The molecule has 0 aromatic carbocycles. The van der Waals surface area contributed by atoms with Gasteiger partial charge in [0.05, 0.1) is 26.2 Å².